The Morgan fingerprint density at radius 3 is 2.71 bits per heavy atom. The number of nitrogens with zero attached hydrogens (tertiary/aromatic N) is 1. The topological polar surface area (TPSA) is 40.5 Å². The van der Waals surface area contributed by atoms with Crippen molar-refractivity contribution in [3.63, 3.8) is 0 Å². The van der Waals surface area contributed by atoms with E-state index in [-0.39, 0.29) is 0 Å². The van der Waals surface area contributed by atoms with E-state index in [0.29, 0.717) is 5.56 Å². The van der Waals surface area contributed by atoms with Gasteiger partial charge in [-0.05, 0) is 43.0 Å². The van der Waals surface area contributed by atoms with Crippen molar-refractivity contribution in [3.8, 4) is 0 Å². The van der Waals surface area contributed by atoms with Gasteiger partial charge in [0.25, 0.3) is 0 Å². The third-order valence-electron chi connectivity index (χ3n) is 3.35. The van der Waals surface area contributed by atoms with Crippen LogP contribution in [-0.4, -0.2) is 29.1 Å². The summed E-state index contributed by atoms with van der Waals surface area (Å²) in [6, 6.07) is 7.21. The molecule has 1 unspecified atom stereocenters. The maximum atomic E-state index is 10.7. The third kappa shape index (κ3) is 3.30. The Morgan fingerprint density at radius 1 is 1.41 bits per heavy atom. The predicted molar refractivity (Wildman–Crippen MR) is 67.1 cm³/mol. The number of aromatic carboxylic acids is 1. The number of carboxylic acid groups (broad SMARTS) is 1. The van der Waals surface area contributed by atoms with E-state index in [9.17, 15) is 4.79 Å². The van der Waals surface area contributed by atoms with Crippen molar-refractivity contribution in [1.82, 2.24) is 4.90 Å². The van der Waals surface area contributed by atoms with Crippen molar-refractivity contribution in [2.24, 2.45) is 5.92 Å². The van der Waals surface area contributed by atoms with Crippen molar-refractivity contribution in [2.45, 2.75) is 26.3 Å². The van der Waals surface area contributed by atoms with E-state index < -0.39 is 5.97 Å². The van der Waals surface area contributed by atoms with E-state index in [1.807, 2.05) is 12.1 Å². The number of hydrogen-bond donors (Lipinski definition) is 1. The van der Waals surface area contributed by atoms with Gasteiger partial charge >= 0.3 is 5.97 Å². The lowest BCUT2D eigenvalue weighted by atomic mass is 9.99. The van der Waals surface area contributed by atoms with Crippen LogP contribution in [0.1, 0.15) is 35.7 Å². The first kappa shape index (κ1) is 12.1. The lowest BCUT2D eigenvalue weighted by Gasteiger charge is -2.30. The summed E-state index contributed by atoms with van der Waals surface area (Å²) in [5.41, 5.74) is 1.56. The molecular weight excluding hydrogens is 214 g/mol. The molecule has 0 spiro atoms. The molecule has 0 amide bonds. The Morgan fingerprint density at radius 2 is 2.12 bits per heavy atom. The highest BCUT2D eigenvalue weighted by molar-refractivity contribution is 5.87. The Bertz CT molecular complexity index is 386. The first-order chi connectivity index (χ1) is 8.15. The number of carbonyl (C=O) groups is 1. The highest BCUT2D eigenvalue weighted by Crippen LogP contribution is 2.18. The normalized spacial score (nSPS) is 21.4. The Hall–Kier alpha value is -1.35. The molecule has 3 nitrogen and oxygen atoms in total. The average molecular weight is 233 g/mol. The molecule has 1 aliphatic heterocycles. The van der Waals surface area contributed by atoms with Crippen molar-refractivity contribution >= 4 is 5.97 Å². The van der Waals surface area contributed by atoms with Crippen LogP contribution in [0.5, 0.6) is 0 Å². The van der Waals surface area contributed by atoms with Gasteiger partial charge in [0.05, 0.1) is 5.56 Å². The van der Waals surface area contributed by atoms with Crippen LogP contribution in [0, 0.1) is 5.92 Å². The molecule has 1 aliphatic rings. The average Bonchev–Trinajstić information content (AvgIpc) is 2.29. The van der Waals surface area contributed by atoms with Crippen LogP contribution < -0.4 is 0 Å². The molecule has 92 valence electrons. The largest absolute Gasteiger partial charge is 0.478 e. The summed E-state index contributed by atoms with van der Waals surface area (Å²) < 4.78 is 0. The number of piperidine rings is 1. The van der Waals surface area contributed by atoms with Gasteiger partial charge in [-0.25, -0.2) is 4.79 Å². The van der Waals surface area contributed by atoms with Gasteiger partial charge in [-0.2, -0.15) is 0 Å². The second kappa shape index (κ2) is 5.32. The van der Waals surface area contributed by atoms with Crippen LogP contribution in [0.25, 0.3) is 0 Å². The van der Waals surface area contributed by atoms with Crippen molar-refractivity contribution in [2.75, 3.05) is 13.1 Å². The van der Waals surface area contributed by atoms with E-state index in [4.69, 9.17) is 5.11 Å². The third-order valence-corrected chi connectivity index (χ3v) is 3.35. The minimum Gasteiger partial charge on any atom is -0.478 e. The van der Waals surface area contributed by atoms with E-state index >= 15 is 0 Å². The Balaban J connectivity index is 1.96. The zero-order valence-corrected chi connectivity index (χ0v) is 10.2. The maximum Gasteiger partial charge on any atom is 0.335 e. The maximum absolute atomic E-state index is 10.7. The zero-order chi connectivity index (χ0) is 12.3. The van der Waals surface area contributed by atoms with Crippen LogP contribution in [0.3, 0.4) is 0 Å². The SMILES string of the molecule is CC1CCCN(Cc2ccc(C(=O)O)cc2)C1. The number of rotatable bonds is 3. The number of carboxylic acids is 1. The summed E-state index contributed by atoms with van der Waals surface area (Å²) in [5.74, 6) is -0.0785. The lowest BCUT2D eigenvalue weighted by molar-refractivity contribution is 0.0697. The molecular formula is C14H19NO2. The fraction of sp³-hybridized carbons (Fsp3) is 0.500. The standard InChI is InChI=1S/C14H19NO2/c1-11-3-2-8-15(9-11)10-12-4-6-13(7-5-12)14(16)17/h4-7,11H,2-3,8-10H2,1H3,(H,16,17). The summed E-state index contributed by atoms with van der Waals surface area (Å²) in [6.07, 6.45) is 2.60. The van der Waals surface area contributed by atoms with Gasteiger partial charge in [-0.3, -0.25) is 4.90 Å². The Labute approximate surface area is 102 Å². The quantitative estimate of drug-likeness (QED) is 0.872. The second-order valence-electron chi connectivity index (χ2n) is 4.98. The fourth-order valence-corrected chi connectivity index (χ4v) is 2.44. The predicted octanol–water partition coefficient (Wildman–Crippen LogP) is 2.62. The van der Waals surface area contributed by atoms with Gasteiger partial charge in [-0.1, -0.05) is 19.1 Å². The van der Waals surface area contributed by atoms with Crippen molar-refractivity contribution in [1.29, 1.82) is 0 Å². The van der Waals surface area contributed by atoms with E-state index in [2.05, 4.69) is 11.8 Å². The highest BCUT2D eigenvalue weighted by atomic mass is 16.4. The minimum absolute atomic E-state index is 0.362. The lowest BCUT2D eigenvalue weighted by Crippen LogP contribution is -2.33. The second-order valence-corrected chi connectivity index (χ2v) is 4.98. The first-order valence-electron chi connectivity index (χ1n) is 6.20. The van der Waals surface area contributed by atoms with Crippen LogP contribution in [0.2, 0.25) is 0 Å². The van der Waals surface area contributed by atoms with Crippen molar-refractivity contribution < 1.29 is 9.90 Å². The van der Waals surface area contributed by atoms with Gasteiger partial charge in [0.1, 0.15) is 0 Å². The monoisotopic (exact) mass is 233 g/mol. The summed E-state index contributed by atoms with van der Waals surface area (Å²) in [6.45, 7) is 5.54. The molecule has 0 bridgehead atoms. The molecule has 1 N–H and O–H groups in total. The van der Waals surface area contributed by atoms with E-state index in [0.717, 1.165) is 25.6 Å². The molecule has 3 heteroatoms. The summed E-state index contributed by atoms with van der Waals surface area (Å²) in [7, 11) is 0. The molecule has 1 heterocycles. The number of benzene rings is 1. The minimum atomic E-state index is -0.858. The molecule has 1 fully saturated rings. The van der Waals surface area contributed by atoms with Gasteiger partial charge in [-0.15, -0.1) is 0 Å². The molecule has 0 radical (unpaired) electrons. The smallest absolute Gasteiger partial charge is 0.335 e. The molecule has 1 atom stereocenters. The molecule has 2 rings (SSSR count). The Kier molecular flexibility index (Phi) is 3.79. The molecule has 0 aliphatic carbocycles. The van der Waals surface area contributed by atoms with Crippen LogP contribution in [0.4, 0.5) is 0 Å². The highest BCUT2D eigenvalue weighted by Gasteiger charge is 2.16. The zero-order valence-electron chi connectivity index (χ0n) is 10.2. The number of hydrogen-bond acceptors (Lipinski definition) is 2. The van der Waals surface area contributed by atoms with Gasteiger partial charge < -0.3 is 5.11 Å². The molecule has 1 saturated heterocycles. The molecule has 1 aromatic rings. The van der Waals surface area contributed by atoms with Gasteiger partial charge in [0, 0.05) is 13.1 Å². The van der Waals surface area contributed by atoms with Crippen LogP contribution in [-0.2, 0) is 6.54 Å². The summed E-state index contributed by atoms with van der Waals surface area (Å²) >= 11 is 0. The molecule has 17 heavy (non-hydrogen) atoms. The first-order valence-corrected chi connectivity index (χ1v) is 6.20. The van der Waals surface area contributed by atoms with Crippen LogP contribution >= 0.6 is 0 Å². The molecule has 0 aromatic heterocycles. The number of likely N-dealkylation sites (tertiary alicyclic amines) is 1. The molecule has 1 aromatic carbocycles. The summed E-state index contributed by atoms with van der Waals surface area (Å²) in [5, 5.41) is 8.82. The molecule has 0 saturated carbocycles. The van der Waals surface area contributed by atoms with Gasteiger partial charge in [0.15, 0.2) is 0 Å². The fourth-order valence-electron chi connectivity index (χ4n) is 2.44. The summed E-state index contributed by atoms with van der Waals surface area (Å²) in [4.78, 5) is 13.2. The van der Waals surface area contributed by atoms with Gasteiger partial charge in [0.2, 0.25) is 0 Å². The van der Waals surface area contributed by atoms with E-state index in [1.54, 1.807) is 12.1 Å². The van der Waals surface area contributed by atoms with E-state index in [1.165, 1.54) is 18.4 Å². The van der Waals surface area contributed by atoms with Crippen molar-refractivity contribution in [3.05, 3.63) is 35.4 Å². The van der Waals surface area contributed by atoms with Crippen LogP contribution in [0.15, 0.2) is 24.3 Å².